The van der Waals surface area contributed by atoms with E-state index in [1.54, 1.807) is 13.0 Å². The van der Waals surface area contributed by atoms with Gasteiger partial charge in [-0.05, 0) is 37.0 Å². The van der Waals surface area contributed by atoms with Crippen LogP contribution in [0.15, 0.2) is 29.2 Å². The number of nitrogens with zero attached hydrogens (tertiary/aromatic N) is 1. The summed E-state index contributed by atoms with van der Waals surface area (Å²) in [5.74, 6) is -1.97. The molecule has 1 aliphatic heterocycles. The highest BCUT2D eigenvalue weighted by molar-refractivity contribution is 7.89. The molecule has 3 rings (SSSR count). The maximum absolute atomic E-state index is 12.6. The number of benzene rings is 1. The van der Waals surface area contributed by atoms with E-state index >= 15 is 0 Å². The van der Waals surface area contributed by atoms with Crippen molar-refractivity contribution < 1.29 is 23.1 Å². The third-order valence-corrected chi connectivity index (χ3v) is 6.03. The second-order valence-corrected chi connectivity index (χ2v) is 8.27. The van der Waals surface area contributed by atoms with E-state index < -0.39 is 21.9 Å². The first-order valence-corrected chi connectivity index (χ1v) is 9.41. The van der Waals surface area contributed by atoms with Crippen molar-refractivity contribution in [1.82, 2.24) is 9.62 Å². The fraction of sp³-hybridized carbons (Fsp3) is 0.500. The van der Waals surface area contributed by atoms with Crippen LogP contribution < -0.4 is 4.72 Å². The zero-order chi connectivity index (χ0) is 17.5. The first kappa shape index (κ1) is 16.9. The van der Waals surface area contributed by atoms with Gasteiger partial charge in [0, 0.05) is 24.7 Å². The zero-order valence-corrected chi connectivity index (χ0v) is 14.1. The molecule has 0 unspecified atom stereocenters. The summed E-state index contributed by atoms with van der Waals surface area (Å²) in [5.41, 5.74) is 0.256. The summed E-state index contributed by atoms with van der Waals surface area (Å²) in [5, 5.41) is 9.17. The summed E-state index contributed by atoms with van der Waals surface area (Å²) in [7, 11) is -3.63. The normalized spacial score (nSPS) is 24.1. The van der Waals surface area contributed by atoms with Crippen molar-refractivity contribution in [2.24, 2.45) is 11.8 Å². The van der Waals surface area contributed by atoms with Gasteiger partial charge in [0.1, 0.15) is 0 Å². The van der Waals surface area contributed by atoms with E-state index in [2.05, 4.69) is 4.72 Å². The number of carbonyl (C=O) groups excluding carboxylic acids is 1. The molecule has 2 aliphatic rings. The number of amides is 1. The van der Waals surface area contributed by atoms with E-state index in [-0.39, 0.29) is 34.9 Å². The number of hydrogen-bond donors (Lipinski definition) is 2. The largest absolute Gasteiger partial charge is 0.481 e. The van der Waals surface area contributed by atoms with E-state index in [1.807, 2.05) is 0 Å². The lowest BCUT2D eigenvalue weighted by Gasteiger charge is -2.16. The number of carbonyl (C=O) groups is 2. The predicted octanol–water partition coefficient (Wildman–Crippen LogP) is 0.920. The maximum atomic E-state index is 12.6. The van der Waals surface area contributed by atoms with Crippen LogP contribution in [-0.4, -0.2) is 49.4 Å². The number of hydrogen-bond acceptors (Lipinski definition) is 4. The van der Waals surface area contributed by atoms with Crippen LogP contribution in [0.2, 0.25) is 0 Å². The Balaban J connectivity index is 1.79. The Kier molecular flexibility index (Phi) is 4.35. The van der Waals surface area contributed by atoms with Gasteiger partial charge in [0.05, 0.1) is 10.8 Å². The van der Waals surface area contributed by atoms with Gasteiger partial charge in [0.15, 0.2) is 0 Å². The first-order valence-electron chi connectivity index (χ1n) is 7.92. The number of carboxylic acid groups (broad SMARTS) is 1. The molecule has 0 spiro atoms. The summed E-state index contributed by atoms with van der Waals surface area (Å²) in [6.45, 7) is 2.30. The van der Waals surface area contributed by atoms with Crippen LogP contribution >= 0.6 is 0 Å². The van der Waals surface area contributed by atoms with Gasteiger partial charge >= 0.3 is 5.97 Å². The molecule has 1 amide bonds. The molecular weight excluding hydrogens is 332 g/mol. The van der Waals surface area contributed by atoms with Crippen molar-refractivity contribution in [1.29, 1.82) is 0 Å². The Hall–Kier alpha value is -1.93. The molecular formula is C16H20N2O5S. The average Bonchev–Trinajstić information content (AvgIpc) is 3.24. The summed E-state index contributed by atoms with van der Waals surface area (Å²) in [4.78, 5) is 25.3. The average molecular weight is 352 g/mol. The lowest BCUT2D eigenvalue weighted by molar-refractivity contribution is -0.142. The Morgan fingerprint density at radius 2 is 1.96 bits per heavy atom. The highest BCUT2D eigenvalue weighted by Crippen LogP contribution is 2.26. The number of rotatable bonds is 5. The smallest absolute Gasteiger partial charge is 0.308 e. The molecule has 1 aliphatic carbocycles. The minimum absolute atomic E-state index is 0.00915. The van der Waals surface area contributed by atoms with Gasteiger partial charge in [0.2, 0.25) is 10.0 Å². The number of sulfonamides is 1. The number of carboxylic acids is 1. The molecule has 2 fully saturated rings. The van der Waals surface area contributed by atoms with Gasteiger partial charge in [0.25, 0.3) is 5.91 Å². The van der Waals surface area contributed by atoms with Crippen molar-refractivity contribution in [2.75, 3.05) is 13.1 Å². The number of likely N-dealkylation sites (tertiary alicyclic amines) is 1. The quantitative estimate of drug-likeness (QED) is 0.820. The van der Waals surface area contributed by atoms with E-state index in [4.69, 9.17) is 5.11 Å². The fourth-order valence-electron chi connectivity index (χ4n) is 2.92. The molecule has 0 bridgehead atoms. The molecule has 0 aromatic heterocycles. The van der Waals surface area contributed by atoms with Crippen molar-refractivity contribution >= 4 is 21.9 Å². The summed E-state index contributed by atoms with van der Waals surface area (Å²) < 4.78 is 27.1. The Labute approximate surface area is 140 Å². The molecule has 1 aromatic carbocycles. The minimum atomic E-state index is -3.63. The molecule has 1 saturated carbocycles. The van der Waals surface area contributed by atoms with E-state index in [1.165, 1.54) is 23.1 Å². The Morgan fingerprint density at radius 1 is 1.25 bits per heavy atom. The molecule has 0 radical (unpaired) electrons. The van der Waals surface area contributed by atoms with Gasteiger partial charge in [-0.2, -0.15) is 0 Å². The first-order chi connectivity index (χ1) is 11.3. The van der Waals surface area contributed by atoms with Crippen molar-refractivity contribution in [3.05, 3.63) is 29.8 Å². The monoisotopic (exact) mass is 352 g/mol. The molecule has 1 heterocycles. The fourth-order valence-corrected chi connectivity index (χ4v) is 4.27. The van der Waals surface area contributed by atoms with Gasteiger partial charge in [-0.25, -0.2) is 13.1 Å². The molecule has 2 atom stereocenters. The molecule has 1 aromatic rings. The van der Waals surface area contributed by atoms with Gasteiger partial charge in [-0.3, -0.25) is 9.59 Å². The summed E-state index contributed by atoms with van der Waals surface area (Å²) in [6, 6.07) is 5.88. The van der Waals surface area contributed by atoms with Crippen molar-refractivity contribution in [2.45, 2.75) is 30.7 Å². The zero-order valence-electron chi connectivity index (χ0n) is 13.3. The maximum Gasteiger partial charge on any atom is 0.308 e. The van der Waals surface area contributed by atoms with Crippen LogP contribution in [0.5, 0.6) is 0 Å². The van der Waals surface area contributed by atoms with Crippen LogP contribution in [0.4, 0.5) is 0 Å². The Morgan fingerprint density at radius 3 is 2.54 bits per heavy atom. The SMILES string of the molecule is C[C@@H]1CN(C(=O)c2cccc(S(=O)(=O)NC3CC3)c2)C[C@H]1C(=O)O. The van der Waals surface area contributed by atoms with E-state index in [9.17, 15) is 18.0 Å². The van der Waals surface area contributed by atoms with Crippen LogP contribution in [0.1, 0.15) is 30.1 Å². The third-order valence-electron chi connectivity index (χ3n) is 4.51. The predicted molar refractivity (Wildman–Crippen MR) is 86.0 cm³/mol. The second kappa shape index (κ2) is 6.18. The molecule has 7 nitrogen and oxygen atoms in total. The molecule has 1 saturated heterocycles. The highest BCUT2D eigenvalue weighted by Gasteiger charge is 2.37. The summed E-state index contributed by atoms with van der Waals surface area (Å²) in [6.07, 6.45) is 1.67. The van der Waals surface area contributed by atoms with Crippen LogP contribution in [0.25, 0.3) is 0 Å². The lowest BCUT2D eigenvalue weighted by Crippen LogP contribution is -2.30. The standard InChI is InChI=1S/C16H20N2O5S/c1-10-8-18(9-14(10)16(20)21)15(19)11-3-2-4-13(7-11)24(22,23)17-12-5-6-12/h2-4,7,10,12,14,17H,5-6,8-9H2,1H3,(H,20,21)/t10-,14-/m1/s1. The summed E-state index contributed by atoms with van der Waals surface area (Å²) >= 11 is 0. The van der Waals surface area contributed by atoms with Gasteiger partial charge in [-0.15, -0.1) is 0 Å². The van der Waals surface area contributed by atoms with Gasteiger partial charge in [-0.1, -0.05) is 13.0 Å². The molecule has 8 heteroatoms. The van der Waals surface area contributed by atoms with Crippen LogP contribution in [0, 0.1) is 11.8 Å². The van der Waals surface area contributed by atoms with Crippen molar-refractivity contribution in [3.8, 4) is 0 Å². The third kappa shape index (κ3) is 3.44. The van der Waals surface area contributed by atoms with Crippen LogP contribution in [0.3, 0.4) is 0 Å². The Bertz CT molecular complexity index is 772. The highest BCUT2D eigenvalue weighted by atomic mass is 32.2. The lowest BCUT2D eigenvalue weighted by atomic mass is 9.99. The number of nitrogens with one attached hydrogen (secondary N) is 1. The van der Waals surface area contributed by atoms with E-state index in [0.29, 0.717) is 6.54 Å². The molecule has 130 valence electrons. The topological polar surface area (TPSA) is 104 Å². The van der Waals surface area contributed by atoms with Crippen molar-refractivity contribution in [3.63, 3.8) is 0 Å². The molecule has 24 heavy (non-hydrogen) atoms. The van der Waals surface area contributed by atoms with Crippen LogP contribution in [-0.2, 0) is 14.8 Å². The minimum Gasteiger partial charge on any atom is -0.481 e. The molecule has 2 N–H and O–H groups in total. The van der Waals surface area contributed by atoms with Gasteiger partial charge < -0.3 is 10.0 Å². The van der Waals surface area contributed by atoms with E-state index in [0.717, 1.165) is 12.8 Å². The number of aliphatic carboxylic acids is 1. The second-order valence-electron chi connectivity index (χ2n) is 6.56.